The second-order valence-electron chi connectivity index (χ2n) is 6.03. The van der Waals surface area contributed by atoms with E-state index in [0.717, 1.165) is 25.0 Å². The Balaban J connectivity index is 2.17. The number of hydrogen-bond donors (Lipinski definition) is 3. The number of amides is 1. The minimum absolute atomic E-state index is 0.133. The quantitative estimate of drug-likeness (QED) is 0.764. The molecule has 6 nitrogen and oxygen atoms in total. The van der Waals surface area contributed by atoms with Gasteiger partial charge < -0.3 is 10.4 Å². The molecule has 1 aromatic rings. The Morgan fingerprint density at radius 3 is 2.55 bits per heavy atom. The third-order valence-corrected chi connectivity index (χ3v) is 4.45. The topological polar surface area (TPSA) is 95.1 Å². The minimum atomic E-state index is -0.840. The Bertz CT molecular complexity index is 589. The molecule has 1 aliphatic rings. The smallest absolute Gasteiger partial charge is 0.277 e. The Kier molecular flexibility index (Phi) is 5.34. The average molecular weight is 307 g/mol. The number of aromatic nitrogens is 2. The van der Waals surface area contributed by atoms with Crippen molar-refractivity contribution < 1.29 is 9.90 Å². The summed E-state index contributed by atoms with van der Waals surface area (Å²) in [5.41, 5.74) is 0.257. The molecule has 0 bridgehead atoms. The summed E-state index contributed by atoms with van der Waals surface area (Å²) in [6.07, 6.45) is 5.70. The zero-order valence-corrected chi connectivity index (χ0v) is 13.4. The number of nitrogens with one attached hydrogen (secondary N) is 2. The number of aryl methyl sites for hydroxylation is 1. The molecule has 0 unspecified atom stereocenters. The van der Waals surface area contributed by atoms with Crippen LogP contribution in [0.25, 0.3) is 0 Å². The lowest BCUT2D eigenvalue weighted by molar-refractivity contribution is 0.00523. The van der Waals surface area contributed by atoms with Crippen LogP contribution in [0.2, 0.25) is 0 Å². The summed E-state index contributed by atoms with van der Waals surface area (Å²) < 4.78 is 0. The number of hydrogen-bond acceptors (Lipinski definition) is 4. The van der Waals surface area contributed by atoms with Crippen LogP contribution in [0, 0.1) is 0 Å². The molecule has 0 atom stereocenters. The van der Waals surface area contributed by atoms with Gasteiger partial charge in [0.25, 0.3) is 11.5 Å². The highest BCUT2D eigenvalue weighted by atomic mass is 16.3. The molecule has 0 aromatic carbocycles. The monoisotopic (exact) mass is 307 g/mol. The van der Waals surface area contributed by atoms with Crippen molar-refractivity contribution in [3.8, 4) is 0 Å². The van der Waals surface area contributed by atoms with Crippen LogP contribution in [0.5, 0.6) is 0 Å². The van der Waals surface area contributed by atoms with Gasteiger partial charge in [0.05, 0.1) is 11.3 Å². The molecule has 1 aromatic heterocycles. The molecule has 122 valence electrons. The van der Waals surface area contributed by atoms with Crippen LogP contribution >= 0.6 is 0 Å². The molecule has 2 rings (SSSR count). The SMILES string of the molecule is CCc1n[nH]c(=O)c(C(=O)NCC2(O)CCCCC2)c1CC. The fourth-order valence-corrected chi connectivity index (χ4v) is 3.16. The van der Waals surface area contributed by atoms with Gasteiger partial charge in [-0.1, -0.05) is 33.1 Å². The molecule has 1 fully saturated rings. The Hall–Kier alpha value is -1.69. The molecule has 1 aliphatic carbocycles. The van der Waals surface area contributed by atoms with Crippen molar-refractivity contribution >= 4 is 5.91 Å². The van der Waals surface area contributed by atoms with Crippen molar-refractivity contribution in [1.82, 2.24) is 15.5 Å². The van der Waals surface area contributed by atoms with Crippen LogP contribution in [0.1, 0.15) is 67.6 Å². The normalized spacial score (nSPS) is 17.2. The van der Waals surface area contributed by atoms with Gasteiger partial charge in [0, 0.05) is 6.54 Å². The first-order chi connectivity index (χ1) is 10.5. The number of carbonyl (C=O) groups excluding carboxylic acids is 1. The van der Waals surface area contributed by atoms with Crippen molar-refractivity contribution in [3.05, 3.63) is 27.2 Å². The zero-order valence-electron chi connectivity index (χ0n) is 13.4. The number of rotatable bonds is 5. The van der Waals surface area contributed by atoms with Gasteiger partial charge in [-0.2, -0.15) is 5.10 Å². The number of aliphatic hydroxyl groups is 1. The van der Waals surface area contributed by atoms with Crippen LogP contribution < -0.4 is 10.9 Å². The highest BCUT2D eigenvalue weighted by Crippen LogP contribution is 2.27. The fraction of sp³-hybridized carbons (Fsp3) is 0.688. The predicted molar refractivity (Wildman–Crippen MR) is 84.0 cm³/mol. The van der Waals surface area contributed by atoms with E-state index in [2.05, 4.69) is 15.5 Å². The van der Waals surface area contributed by atoms with Crippen molar-refractivity contribution in [3.63, 3.8) is 0 Å². The average Bonchev–Trinajstić information content (AvgIpc) is 2.53. The van der Waals surface area contributed by atoms with Gasteiger partial charge in [-0.3, -0.25) is 9.59 Å². The summed E-state index contributed by atoms with van der Waals surface area (Å²) in [4.78, 5) is 24.4. The molecule has 0 spiro atoms. The molecule has 0 radical (unpaired) electrons. The van der Waals surface area contributed by atoms with E-state index >= 15 is 0 Å². The van der Waals surface area contributed by atoms with Gasteiger partial charge in [0.2, 0.25) is 0 Å². The van der Waals surface area contributed by atoms with Gasteiger partial charge in [0.15, 0.2) is 0 Å². The van der Waals surface area contributed by atoms with Gasteiger partial charge in [-0.25, -0.2) is 5.10 Å². The Labute approximate surface area is 130 Å². The maximum Gasteiger partial charge on any atom is 0.277 e. The number of aromatic amines is 1. The van der Waals surface area contributed by atoms with E-state index in [9.17, 15) is 14.7 Å². The van der Waals surface area contributed by atoms with Crippen molar-refractivity contribution in [2.45, 2.75) is 64.4 Å². The first-order valence-electron chi connectivity index (χ1n) is 8.11. The summed E-state index contributed by atoms with van der Waals surface area (Å²) in [6, 6.07) is 0. The highest BCUT2D eigenvalue weighted by molar-refractivity contribution is 5.95. The van der Waals surface area contributed by atoms with E-state index in [4.69, 9.17) is 0 Å². The Morgan fingerprint density at radius 2 is 1.95 bits per heavy atom. The van der Waals surface area contributed by atoms with Crippen molar-refractivity contribution in [1.29, 1.82) is 0 Å². The van der Waals surface area contributed by atoms with E-state index < -0.39 is 17.1 Å². The fourth-order valence-electron chi connectivity index (χ4n) is 3.16. The zero-order chi connectivity index (χ0) is 16.2. The van der Waals surface area contributed by atoms with E-state index in [0.29, 0.717) is 31.2 Å². The van der Waals surface area contributed by atoms with Crippen molar-refractivity contribution in [2.75, 3.05) is 6.54 Å². The van der Waals surface area contributed by atoms with Crippen molar-refractivity contribution in [2.24, 2.45) is 0 Å². The van der Waals surface area contributed by atoms with Gasteiger partial charge in [-0.05, 0) is 31.2 Å². The molecule has 0 saturated heterocycles. The number of H-pyrrole nitrogens is 1. The first kappa shape index (κ1) is 16.7. The molecule has 3 N–H and O–H groups in total. The standard InChI is InChI=1S/C16H25N3O3/c1-3-11-12(4-2)18-19-15(21)13(11)14(20)17-10-16(22)8-6-5-7-9-16/h22H,3-10H2,1-2H3,(H,17,20)(H,19,21). The molecule has 1 heterocycles. The van der Waals surface area contributed by atoms with E-state index in [1.807, 2.05) is 13.8 Å². The van der Waals surface area contributed by atoms with Crippen LogP contribution in [0.15, 0.2) is 4.79 Å². The van der Waals surface area contributed by atoms with Gasteiger partial charge in [-0.15, -0.1) is 0 Å². The highest BCUT2D eigenvalue weighted by Gasteiger charge is 2.30. The number of carbonyl (C=O) groups is 1. The third-order valence-electron chi connectivity index (χ3n) is 4.45. The van der Waals surface area contributed by atoms with Crippen LogP contribution in [0.4, 0.5) is 0 Å². The van der Waals surface area contributed by atoms with E-state index in [1.165, 1.54) is 0 Å². The lowest BCUT2D eigenvalue weighted by Gasteiger charge is -2.32. The lowest BCUT2D eigenvalue weighted by Crippen LogP contribution is -2.45. The summed E-state index contributed by atoms with van der Waals surface area (Å²) >= 11 is 0. The van der Waals surface area contributed by atoms with E-state index in [1.54, 1.807) is 0 Å². The van der Waals surface area contributed by atoms with Crippen LogP contribution in [-0.2, 0) is 12.8 Å². The van der Waals surface area contributed by atoms with E-state index in [-0.39, 0.29) is 12.1 Å². The maximum atomic E-state index is 12.4. The number of nitrogens with zero attached hydrogens (tertiary/aromatic N) is 1. The second kappa shape index (κ2) is 7.05. The van der Waals surface area contributed by atoms with Gasteiger partial charge >= 0.3 is 0 Å². The third kappa shape index (κ3) is 3.55. The Morgan fingerprint density at radius 1 is 1.27 bits per heavy atom. The van der Waals surface area contributed by atoms with Gasteiger partial charge in [0.1, 0.15) is 5.56 Å². The summed E-state index contributed by atoms with van der Waals surface area (Å²) in [5, 5.41) is 19.6. The molecule has 1 saturated carbocycles. The first-order valence-corrected chi connectivity index (χ1v) is 8.11. The minimum Gasteiger partial charge on any atom is -0.388 e. The molecule has 1 amide bonds. The molecule has 0 aliphatic heterocycles. The maximum absolute atomic E-state index is 12.4. The molecule has 6 heteroatoms. The summed E-state index contributed by atoms with van der Waals surface area (Å²) in [6.45, 7) is 4.03. The largest absolute Gasteiger partial charge is 0.388 e. The molecular formula is C16H25N3O3. The van der Waals surface area contributed by atoms with Crippen LogP contribution in [0.3, 0.4) is 0 Å². The summed E-state index contributed by atoms with van der Waals surface area (Å²) in [7, 11) is 0. The van der Waals surface area contributed by atoms with Crippen LogP contribution in [-0.4, -0.2) is 33.4 Å². The second-order valence-corrected chi connectivity index (χ2v) is 6.03. The molecular weight excluding hydrogens is 282 g/mol. The summed E-state index contributed by atoms with van der Waals surface area (Å²) in [5.74, 6) is -0.422. The lowest BCUT2D eigenvalue weighted by atomic mass is 9.85. The predicted octanol–water partition coefficient (Wildman–Crippen LogP) is 1.32. The molecule has 22 heavy (non-hydrogen) atoms.